The summed E-state index contributed by atoms with van der Waals surface area (Å²) in [5.74, 6) is 0.885. The number of fused-ring (bicyclic) bond motifs is 1. The average Bonchev–Trinajstić information content (AvgIpc) is 3.26. The van der Waals surface area contributed by atoms with Crippen LogP contribution in [0.2, 0.25) is 0 Å². The molecule has 168 valence electrons. The van der Waals surface area contributed by atoms with Gasteiger partial charge in [0.2, 0.25) is 15.9 Å². The molecule has 6 rings (SSSR count). The Morgan fingerprint density at radius 2 is 1.94 bits per heavy atom. The van der Waals surface area contributed by atoms with Crippen molar-refractivity contribution in [3.63, 3.8) is 0 Å². The Morgan fingerprint density at radius 3 is 2.61 bits per heavy atom. The van der Waals surface area contributed by atoms with Crippen LogP contribution in [0, 0.1) is 34.4 Å². The first-order valence-electron chi connectivity index (χ1n) is 11.6. The first kappa shape index (κ1) is 20.0. The van der Waals surface area contributed by atoms with E-state index in [4.69, 9.17) is 0 Å². The number of nitrogens with one attached hydrogen (secondary N) is 1. The molecule has 0 aromatic heterocycles. The number of halogens is 1. The maximum absolute atomic E-state index is 13.4. The molecule has 2 bridgehead atoms. The first-order valence-corrected chi connectivity index (χ1v) is 13.0. The van der Waals surface area contributed by atoms with Crippen molar-refractivity contribution in [3.05, 3.63) is 24.0 Å². The Labute approximate surface area is 182 Å². The molecule has 1 aromatic rings. The number of benzene rings is 1. The molecule has 0 radical (unpaired) electrons. The summed E-state index contributed by atoms with van der Waals surface area (Å²) in [4.78, 5) is 13.2. The third kappa shape index (κ3) is 2.46. The van der Waals surface area contributed by atoms with Gasteiger partial charge in [-0.25, -0.2) is 12.8 Å². The van der Waals surface area contributed by atoms with Gasteiger partial charge in [-0.1, -0.05) is 6.42 Å². The molecule has 2 N–H and O–H groups in total. The Balaban J connectivity index is 1.18. The van der Waals surface area contributed by atoms with E-state index in [0.717, 1.165) is 55.6 Å². The van der Waals surface area contributed by atoms with Crippen molar-refractivity contribution in [1.29, 1.82) is 0 Å². The molecule has 1 aliphatic heterocycles. The lowest BCUT2D eigenvalue weighted by Crippen LogP contribution is -2.73. The number of carbonyl (C=O) groups is 1. The number of hydrogen-bond donors (Lipinski definition) is 2. The normalized spacial score (nSPS) is 40.7. The highest BCUT2D eigenvalue weighted by Gasteiger charge is 2.83. The van der Waals surface area contributed by atoms with Gasteiger partial charge in [0.15, 0.2) is 11.6 Å². The summed E-state index contributed by atoms with van der Waals surface area (Å²) in [7, 11) is -3.88. The Hall–Kier alpha value is -1.67. The smallest absolute Gasteiger partial charge is 0.243 e. The lowest BCUT2D eigenvalue weighted by atomic mass is 9.30. The minimum atomic E-state index is -3.88. The zero-order valence-corrected chi connectivity index (χ0v) is 18.3. The highest BCUT2D eigenvalue weighted by atomic mass is 32.2. The molecule has 1 saturated heterocycles. The SMILES string of the molecule is O=C(NCC1CCCCN1S(=O)(=O)c1ccc(F)c(O)c1)C12C[C@H]3CC4C[C@@H](C1)C32C4. The predicted molar refractivity (Wildman–Crippen MR) is 111 cm³/mol. The van der Waals surface area contributed by atoms with Crippen LogP contribution in [-0.4, -0.2) is 42.9 Å². The van der Waals surface area contributed by atoms with Crippen molar-refractivity contribution < 1.29 is 22.7 Å². The fourth-order valence-electron chi connectivity index (χ4n) is 8.24. The molecular formula is C23H29FN2O4S. The number of hydrogen-bond acceptors (Lipinski definition) is 4. The number of aromatic hydroxyl groups is 1. The molecular weight excluding hydrogens is 419 g/mol. The number of phenols is 1. The zero-order chi connectivity index (χ0) is 21.6. The van der Waals surface area contributed by atoms with Crippen LogP contribution in [-0.2, 0) is 14.8 Å². The highest BCUT2D eigenvalue weighted by molar-refractivity contribution is 7.89. The second kappa shape index (κ2) is 6.44. The summed E-state index contributed by atoms with van der Waals surface area (Å²) in [6.45, 7) is 0.670. The molecule has 31 heavy (non-hydrogen) atoms. The minimum absolute atomic E-state index is 0.117. The fourth-order valence-corrected chi connectivity index (χ4v) is 9.96. The van der Waals surface area contributed by atoms with Gasteiger partial charge in [-0.2, -0.15) is 4.31 Å². The highest BCUT2D eigenvalue weighted by Crippen LogP contribution is 2.86. The molecule has 6 nitrogen and oxygen atoms in total. The van der Waals surface area contributed by atoms with Crippen LogP contribution in [0.4, 0.5) is 4.39 Å². The molecule has 1 amide bonds. The largest absolute Gasteiger partial charge is 0.505 e. The number of amides is 1. The van der Waals surface area contributed by atoms with E-state index < -0.39 is 21.6 Å². The summed E-state index contributed by atoms with van der Waals surface area (Å²) in [5, 5.41) is 12.8. The standard InChI is InChI=1S/C23H29FN2O4S/c24-19-5-4-18(9-20(19)27)31(29,30)26-6-2-1-3-17(26)13-25-21(28)22-11-15-7-14-8-16(12-22)23(15,22)10-14/h4-5,9,14-17,27H,1-3,6-8,10-13H2,(H,25,28)/t14?,15-,16+,17?,22?,23?. The van der Waals surface area contributed by atoms with Gasteiger partial charge in [0, 0.05) is 25.2 Å². The van der Waals surface area contributed by atoms with Crippen molar-refractivity contribution >= 4 is 15.9 Å². The Bertz CT molecular complexity index is 1040. The van der Waals surface area contributed by atoms with E-state index in [2.05, 4.69) is 5.32 Å². The maximum atomic E-state index is 13.4. The molecule has 4 aliphatic carbocycles. The number of phenolic OH excluding ortho intramolecular Hbond substituents is 1. The van der Waals surface area contributed by atoms with Crippen LogP contribution in [0.5, 0.6) is 5.75 Å². The fraction of sp³-hybridized carbons (Fsp3) is 0.696. The Kier molecular flexibility index (Phi) is 4.15. The van der Waals surface area contributed by atoms with E-state index in [1.165, 1.54) is 29.6 Å². The number of rotatable bonds is 5. The monoisotopic (exact) mass is 448 g/mol. The first-order chi connectivity index (χ1) is 14.8. The molecule has 8 heteroatoms. The van der Waals surface area contributed by atoms with E-state index in [-0.39, 0.29) is 27.7 Å². The molecule has 1 spiro atoms. The van der Waals surface area contributed by atoms with Crippen LogP contribution in [0.15, 0.2) is 23.1 Å². The van der Waals surface area contributed by atoms with Crippen molar-refractivity contribution in [2.75, 3.05) is 13.1 Å². The van der Waals surface area contributed by atoms with Crippen molar-refractivity contribution in [2.24, 2.45) is 28.6 Å². The molecule has 5 aliphatic rings. The van der Waals surface area contributed by atoms with Gasteiger partial charge < -0.3 is 10.4 Å². The van der Waals surface area contributed by atoms with Crippen LogP contribution in [0.3, 0.4) is 0 Å². The quantitative estimate of drug-likeness (QED) is 0.725. The maximum Gasteiger partial charge on any atom is 0.243 e. The topological polar surface area (TPSA) is 86.7 Å². The second-order valence-electron chi connectivity index (χ2n) is 10.6. The van der Waals surface area contributed by atoms with Gasteiger partial charge in [-0.15, -0.1) is 0 Å². The summed E-state index contributed by atoms with van der Waals surface area (Å²) >= 11 is 0. The lowest BCUT2D eigenvalue weighted by molar-refractivity contribution is -0.249. The predicted octanol–water partition coefficient (Wildman–Crippen LogP) is 3.02. The average molecular weight is 449 g/mol. The van der Waals surface area contributed by atoms with Gasteiger partial charge in [0.05, 0.1) is 10.3 Å². The van der Waals surface area contributed by atoms with Crippen molar-refractivity contribution in [3.8, 4) is 5.75 Å². The van der Waals surface area contributed by atoms with E-state index in [0.29, 0.717) is 19.5 Å². The van der Waals surface area contributed by atoms with Crippen molar-refractivity contribution in [1.82, 2.24) is 9.62 Å². The molecule has 4 saturated carbocycles. The molecule has 6 atom stereocenters. The zero-order valence-electron chi connectivity index (χ0n) is 17.5. The summed E-state index contributed by atoms with van der Waals surface area (Å²) < 4.78 is 41.3. The van der Waals surface area contributed by atoms with Crippen LogP contribution < -0.4 is 5.32 Å². The summed E-state index contributed by atoms with van der Waals surface area (Å²) in [5.41, 5.74) is 0.0560. The summed E-state index contributed by atoms with van der Waals surface area (Å²) in [6, 6.07) is 2.80. The van der Waals surface area contributed by atoms with Gasteiger partial charge in [0.1, 0.15) is 0 Å². The number of nitrogens with zero attached hydrogens (tertiary/aromatic N) is 1. The van der Waals surface area contributed by atoms with E-state index in [9.17, 15) is 22.7 Å². The molecule has 4 unspecified atom stereocenters. The minimum Gasteiger partial charge on any atom is -0.505 e. The third-order valence-electron chi connectivity index (χ3n) is 9.43. The van der Waals surface area contributed by atoms with Crippen LogP contribution in [0.1, 0.15) is 51.4 Å². The van der Waals surface area contributed by atoms with E-state index in [1.807, 2.05) is 0 Å². The van der Waals surface area contributed by atoms with E-state index >= 15 is 0 Å². The molecule has 5 fully saturated rings. The van der Waals surface area contributed by atoms with Gasteiger partial charge in [0.25, 0.3) is 0 Å². The molecule has 1 heterocycles. The van der Waals surface area contributed by atoms with Gasteiger partial charge in [-0.3, -0.25) is 4.79 Å². The van der Waals surface area contributed by atoms with Crippen LogP contribution in [0.25, 0.3) is 0 Å². The van der Waals surface area contributed by atoms with Crippen molar-refractivity contribution in [2.45, 2.75) is 62.3 Å². The van der Waals surface area contributed by atoms with Crippen LogP contribution >= 0.6 is 0 Å². The second-order valence-corrected chi connectivity index (χ2v) is 12.4. The van der Waals surface area contributed by atoms with E-state index in [1.54, 1.807) is 0 Å². The van der Waals surface area contributed by atoms with Gasteiger partial charge in [-0.05, 0) is 80.2 Å². The number of carbonyl (C=O) groups excluding carboxylic acids is 1. The third-order valence-corrected chi connectivity index (χ3v) is 11.4. The summed E-state index contributed by atoms with van der Waals surface area (Å²) in [6.07, 6.45) is 8.15. The number of piperidine rings is 1. The van der Waals surface area contributed by atoms with Gasteiger partial charge >= 0.3 is 0 Å². The Morgan fingerprint density at radius 1 is 1.19 bits per heavy atom. The number of sulfonamides is 1. The molecule has 1 aromatic carbocycles. The lowest BCUT2D eigenvalue weighted by Gasteiger charge is -2.73.